The van der Waals surface area contributed by atoms with Crippen molar-refractivity contribution in [3.05, 3.63) is 57.7 Å². The predicted octanol–water partition coefficient (Wildman–Crippen LogP) is 4.56. The number of carbonyl (C=O) groups is 2. The van der Waals surface area contributed by atoms with Gasteiger partial charge in [0, 0.05) is 29.3 Å². The van der Waals surface area contributed by atoms with Crippen LogP contribution in [0.15, 0.2) is 47.1 Å². The van der Waals surface area contributed by atoms with Crippen molar-refractivity contribution in [2.24, 2.45) is 12.8 Å². The summed E-state index contributed by atoms with van der Waals surface area (Å²) in [5.41, 5.74) is 6.50. The number of benzene rings is 2. The van der Waals surface area contributed by atoms with Gasteiger partial charge in [0.2, 0.25) is 0 Å². The highest BCUT2D eigenvalue weighted by Crippen LogP contribution is 2.37. The minimum Gasteiger partial charge on any atom is -0.492 e. The second kappa shape index (κ2) is 10.5. The number of hydrogen-bond acceptors (Lipinski definition) is 6. The summed E-state index contributed by atoms with van der Waals surface area (Å²) in [6.45, 7) is 0.487. The van der Waals surface area contributed by atoms with Crippen molar-refractivity contribution < 1.29 is 32.2 Å². The first-order valence-corrected chi connectivity index (χ1v) is 10.7. The number of nitrogens with one attached hydrogen (secondary N) is 1. The lowest BCUT2D eigenvalue weighted by Crippen LogP contribution is -2.29. The number of esters is 1. The molecule has 3 aromatic rings. The third-order valence-electron chi connectivity index (χ3n) is 4.38. The first-order valence-electron chi connectivity index (χ1n) is 9.56. The number of rotatable bonds is 7. The Morgan fingerprint density at radius 1 is 1.21 bits per heavy atom. The molecule has 1 aromatic heterocycles. The number of halogens is 5. The number of nitrogens with two attached hydrogens (primary N) is 1. The van der Waals surface area contributed by atoms with Crippen molar-refractivity contribution in [1.29, 1.82) is 0 Å². The summed E-state index contributed by atoms with van der Waals surface area (Å²) < 4.78 is 49.9. The number of hydrogen-bond donors (Lipinski definition) is 2. The number of carbonyl (C=O) groups excluding carboxylic acids is 2. The Hall–Kier alpha value is -3.09. The fraction of sp³-hybridized carbons (Fsp3) is 0.190. The molecule has 3 rings (SSSR count). The highest BCUT2D eigenvalue weighted by atomic mass is 79.9. The summed E-state index contributed by atoms with van der Waals surface area (Å²) in [4.78, 5) is 24.2. The largest absolute Gasteiger partial charge is 0.492 e. The SMILES string of the molecule is Cn1ncc(Cl)c1-c1cc(NC(=O)c2ccc(Br)cc2OC(=O)C(F)(F)F)ccc1OCCN. The molecule has 0 bridgehead atoms. The molecule has 1 heterocycles. The Kier molecular flexibility index (Phi) is 7.85. The molecule has 0 aliphatic heterocycles. The second-order valence-corrected chi connectivity index (χ2v) is 8.12. The van der Waals surface area contributed by atoms with Gasteiger partial charge in [0.15, 0.2) is 0 Å². The van der Waals surface area contributed by atoms with Crippen LogP contribution in [0.3, 0.4) is 0 Å². The summed E-state index contributed by atoms with van der Waals surface area (Å²) in [6, 6.07) is 8.39. The van der Waals surface area contributed by atoms with E-state index in [0.717, 1.165) is 6.07 Å². The van der Waals surface area contributed by atoms with E-state index in [4.69, 9.17) is 22.1 Å². The molecule has 3 N–H and O–H groups in total. The van der Waals surface area contributed by atoms with Crippen molar-refractivity contribution in [3.8, 4) is 22.8 Å². The second-order valence-electron chi connectivity index (χ2n) is 6.79. The fourth-order valence-electron chi connectivity index (χ4n) is 2.93. The van der Waals surface area contributed by atoms with Crippen LogP contribution in [0.1, 0.15) is 10.4 Å². The van der Waals surface area contributed by atoms with Gasteiger partial charge in [0.05, 0.1) is 22.5 Å². The Bertz CT molecular complexity index is 1210. The van der Waals surface area contributed by atoms with Crippen LogP contribution in [-0.4, -0.2) is 41.0 Å². The molecule has 0 radical (unpaired) electrons. The lowest BCUT2D eigenvalue weighted by atomic mass is 10.1. The molecule has 0 spiro atoms. The first kappa shape index (κ1) is 25.5. The van der Waals surface area contributed by atoms with E-state index in [1.807, 2.05) is 0 Å². The summed E-state index contributed by atoms with van der Waals surface area (Å²) in [5, 5.41) is 7.00. The highest BCUT2D eigenvalue weighted by Gasteiger charge is 2.42. The van der Waals surface area contributed by atoms with Gasteiger partial charge >= 0.3 is 12.1 Å². The van der Waals surface area contributed by atoms with Gasteiger partial charge in [0.1, 0.15) is 18.1 Å². The van der Waals surface area contributed by atoms with Crippen LogP contribution in [0.4, 0.5) is 18.9 Å². The molecule has 34 heavy (non-hydrogen) atoms. The van der Waals surface area contributed by atoms with E-state index < -0.39 is 23.8 Å². The molecule has 13 heteroatoms. The molecule has 180 valence electrons. The maximum absolute atomic E-state index is 12.9. The van der Waals surface area contributed by atoms with Crippen LogP contribution in [0, 0.1) is 0 Å². The number of nitrogens with zero attached hydrogens (tertiary/aromatic N) is 2. The number of ether oxygens (including phenoxy) is 2. The van der Waals surface area contributed by atoms with E-state index in [1.165, 1.54) is 29.1 Å². The van der Waals surface area contributed by atoms with E-state index in [0.29, 0.717) is 26.5 Å². The van der Waals surface area contributed by atoms with Crippen LogP contribution in [0.25, 0.3) is 11.3 Å². The minimum atomic E-state index is -5.23. The van der Waals surface area contributed by atoms with Gasteiger partial charge in [-0.25, -0.2) is 4.79 Å². The predicted molar refractivity (Wildman–Crippen MR) is 122 cm³/mol. The molecule has 0 aliphatic carbocycles. The van der Waals surface area contributed by atoms with Crippen molar-refractivity contribution in [1.82, 2.24) is 9.78 Å². The summed E-state index contributed by atoms with van der Waals surface area (Å²) in [7, 11) is 1.67. The molecule has 0 atom stereocenters. The van der Waals surface area contributed by atoms with E-state index in [9.17, 15) is 22.8 Å². The maximum Gasteiger partial charge on any atom is 0.491 e. The Morgan fingerprint density at radius 3 is 2.56 bits per heavy atom. The zero-order chi connectivity index (χ0) is 25.0. The van der Waals surface area contributed by atoms with Gasteiger partial charge in [0.25, 0.3) is 5.91 Å². The number of amides is 1. The molecule has 8 nitrogen and oxygen atoms in total. The minimum absolute atomic E-state index is 0.223. The van der Waals surface area contributed by atoms with Crippen LogP contribution < -0.4 is 20.5 Å². The molecule has 0 fully saturated rings. The summed E-state index contributed by atoms with van der Waals surface area (Å²) in [5.74, 6) is -3.39. The van der Waals surface area contributed by atoms with E-state index >= 15 is 0 Å². The highest BCUT2D eigenvalue weighted by molar-refractivity contribution is 9.10. The van der Waals surface area contributed by atoms with Crippen LogP contribution in [0.2, 0.25) is 5.02 Å². The number of aromatic nitrogens is 2. The molecule has 0 saturated heterocycles. The molecule has 0 unspecified atom stereocenters. The Balaban J connectivity index is 1.95. The third-order valence-corrected chi connectivity index (χ3v) is 5.15. The smallest absolute Gasteiger partial charge is 0.491 e. The van der Waals surface area contributed by atoms with Gasteiger partial charge in [-0.05, 0) is 36.4 Å². The molecule has 0 saturated carbocycles. The number of aryl methyl sites for hydroxylation is 1. The number of alkyl halides is 3. The topological polar surface area (TPSA) is 108 Å². The van der Waals surface area contributed by atoms with Gasteiger partial charge < -0.3 is 20.5 Å². The molecule has 1 amide bonds. The Morgan fingerprint density at radius 2 is 1.94 bits per heavy atom. The van der Waals surface area contributed by atoms with Crippen molar-refractivity contribution >= 4 is 45.1 Å². The number of anilines is 1. The van der Waals surface area contributed by atoms with Gasteiger partial charge in [-0.3, -0.25) is 9.48 Å². The van der Waals surface area contributed by atoms with Gasteiger partial charge in [-0.2, -0.15) is 18.3 Å². The molecule has 0 aliphatic rings. The average Bonchev–Trinajstić information content (AvgIpc) is 3.10. The normalized spacial score (nSPS) is 11.3. The Labute approximate surface area is 204 Å². The van der Waals surface area contributed by atoms with E-state index in [2.05, 4.69) is 31.1 Å². The molecule has 2 aromatic carbocycles. The van der Waals surface area contributed by atoms with Gasteiger partial charge in [-0.15, -0.1) is 0 Å². The standard InChI is InChI=1S/C21H17BrClF3N4O4/c1-30-18(15(23)10-28-30)14-9-12(3-5-16(14)33-7-6-27)29-19(31)13-4-2-11(22)8-17(13)34-20(32)21(24,25)26/h2-5,8-10H,6-7,27H2,1H3,(H,29,31). The van der Waals surface area contributed by atoms with Crippen molar-refractivity contribution in [3.63, 3.8) is 0 Å². The van der Waals surface area contributed by atoms with E-state index in [-0.39, 0.29) is 24.4 Å². The zero-order valence-corrected chi connectivity index (χ0v) is 19.8. The third kappa shape index (κ3) is 5.88. The van der Waals surface area contributed by atoms with Gasteiger partial charge in [-0.1, -0.05) is 27.5 Å². The first-order chi connectivity index (χ1) is 16.0. The van der Waals surface area contributed by atoms with Crippen LogP contribution in [-0.2, 0) is 11.8 Å². The summed E-state index contributed by atoms with van der Waals surface area (Å²) >= 11 is 9.34. The quantitative estimate of drug-likeness (QED) is 0.323. The van der Waals surface area contributed by atoms with E-state index in [1.54, 1.807) is 19.2 Å². The van der Waals surface area contributed by atoms with Crippen LogP contribution in [0.5, 0.6) is 11.5 Å². The molecular weight excluding hydrogens is 545 g/mol. The summed E-state index contributed by atoms with van der Waals surface area (Å²) in [6.07, 6.45) is -3.79. The maximum atomic E-state index is 12.9. The van der Waals surface area contributed by atoms with Crippen molar-refractivity contribution in [2.75, 3.05) is 18.5 Å². The van der Waals surface area contributed by atoms with Crippen LogP contribution >= 0.6 is 27.5 Å². The fourth-order valence-corrected chi connectivity index (χ4v) is 3.53. The monoisotopic (exact) mass is 560 g/mol. The zero-order valence-electron chi connectivity index (χ0n) is 17.5. The average molecular weight is 562 g/mol. The lowest BCUT2D eigenvalue weighted by molar-refractivity contribution is -0.189. The van der Waals surface area contributed by atoms with Crippen molar-refractivity contribution in [2.45, 2.75) is 6.18 Å². The molecular formula is C21H17BrClF3N4O4. The lowest BCUT2D eigenvalue weighted by Gasteiger charge is -2.15.